The molecule has 1 aromatic carbocycles. The van der Waals surface area contributed by atoms with Crippen LogP contribution in [0, 0.1) is 5.92 Å². The van der Waals surface area contributed by atoms with Crippen LogP contribution in [-0.4, -0.2) is 38.0 Å². The minimum absolute atomic E-state index is 0.0764. The monoisotopic (exact) mass is 447 g/mol. The Hall–Kier alpha value is -1.83. The topological polar surface area (TPSA) is 54.3 Å². The van der Waals surface area contributed by atoms with E-state index in [0.717, 1.165) is 36.1 Å². The zero-order chi connectivity index (χ0) is 20.5. The number of halogens is 1. The summed E-state index contributed by atoms with van der Waals surface area (Å²) < 4.78 is 2.64. The van der Waals surface area contributed by atoms with Crippen LogP contribution in [0.25, 0.3) is 0 Å². The molecular formula is C21H22ClN3O2S2. The number of piperidine rings is 1. The van der Waals surface area contributed by atoms with Crippen molar-refractivity contribution in [3.63, 3.8) is 0 Å². The van der Waals surface area contributed by atoms with Crippen molar-refractivity contribution in [3.05, 3.63) is 63.5 Å². The number of anilines is 1. The van der Waals surface area contributed by atoms with E-state index in [4.69, 9.17) is 23.8 Å². The predicted molar refractivity (Wildman–Crippen MR) is 123 cm³/mol. The van der Waals surface area contributed by atoms with Crippen molar-refractivity contribution < 1.29 is 4.79 Å². The number of benzene rings is 1. The molecule has 0 unspecified atom stereocenters. The van der Waals surface area contributed by atoms with Crippen molar-refractivity contribution in [2.75, 3.05) is 18.4 Å². The van der Waals surface area contributed by atoms with Gasteiger partial charge in [0.1, 0.15) is 4.32 Å². The second-order valence-corrected chi connectivity index (χ2v) is 9.98. The van der Waals surface area contributed by atoms with E-state index in [1.807, 2.05) is 35.8 Å². The van der Waals surface area contributed by atoms with Gasteiger partial charge in [0, 0.05) is 37.3 Å². The summed E-state index contributed by atoms with van der Waals surface area (Å²) >= 11 is 13.2. The lowest BCUT2D eigenvalue weighted by Crippen LogP contribution is -2.48. The number of thiocarbonyl (C=S) groups is 1. The molecule has 0 aliphatic carbocycles. The van der Waals surface area contributed by atoms with E-state index in [-0.39, 0.29) is 16.7 Å². The van der Waals surface area contributed by atoms with E-state index in [2.05, 4.69) is 10.2 Å². The number of carbonyl (C=O) groups is 1. The maximum atomic E-state index is 12.6. The first-order valence-corrected chi connectivity index (χ1v) is 11.3. The average molecular weight is 448 g/mol. The van der Waals surface area contributed by atoms with Crippen LogP contribution in [0.15, 0.2) is 47.3 Å². The first kappa shape index (κ1) is 20.4. The van der Waals surface area contributed by atoms with Gasteiger partial charge in [0.25, 0.3) is 5.56 Å². The Morgan fingerprint density at radius 1 is 1.21 bits per heavy atom. The summed E-state index contributed by atoms with van der Waals surface area (Å²) in [6, 6.07) is 12.7. The normalized spacial score (nSPS) is 21.2. The number of pyridine rings is 1. The fourth-order valence-electron chi connectivity index (χ4n) is 4.12. The summed E-state index contributed by atoms with van der Waals surface area (Å²) in [5.74, 6) is 0.564. The number of hydrogen-bond donors (Lipinski definition) is 1. The number of para-hydroxylation sites is 1. The summed E-state index contributed by atoms with van der Waals surface area (Å²) in [5, 5.41) is 3.04. The number of nitrogens with zero attached hydrogens (tertiary/aromatic N) is 2. The minimum atomic E-state index is -0.338. The molecule has 8 heteroatoms. The summed E-state index contributed by atoms with van der Waals surface area (Å²) in [7, 11) is 0. The highest BCUT2D eigenvalue weighted by atomic mass is 35.5. The number of likely N-dealkylation sites (tertiary alicyclic amines) is 1. The van der Waals surface area contributed by atoms with E-state index in [9.17, 15) is 9.59 Å². The van der Waals surface area contributed by atoms with Crippen molar-refractivity contribution in [2.24, 2.45) is 5.92 Å². The molecule has 0 spiro atoms. The van der Waals surface area contributed by atoms with Crippen LogP contribution in [0.1, 0.15) is 25.0 Å². The Labute approximate surface area is 184 Å². The van der Waals surface area contributed by atoms with E-state index in [0.29, 0.717) is 22.5 Å². The molecule has 3 atom stereocenters. The van der Waals surface area contributed by atoms with E-state index in [1.54, 1.807) is 18.2 Å². The average Bonchev–Trinajstić information content (AvgIpc) is 2.70. The highest BCUT2D eigenvalue weighted by Crippen LogP contribution is 2.36. The maximum absolute atomic E-state index is 12.6. The van der Waals surface area contributed by atoms with Gasteiger partial charge in [0.2, 0.25) is 5.91 Å². The van der Waals surface area contributed by atoms with Gasteiger partial charge in [-0.1, -0.05) is 53.8 Å². The van der Waals surface area contributed by atoms with Gasteiger partial charge in [0.05, 0.1) is 16.0 Å². The second kappa shape index (κ2) is 8.50. The summed E-state index contributed by atoms with van der Waals surface area (Å²) in [4.78, 5) is 26.9. The first-order valence-electron chi connectivity index (χ1n) is 9.63. The molecule has 1 fully saturated rings. The lowest BCUT2D eigenvalue weighted by atomic mass is 9.83. The fourth-order valence-corrected chi connectivity index (χ4v) is 5.65. The fraction of sp³-hybridized carbons (Fsp3) is 0.381. The largest absolute Gasteiger partial charge is 0.356 e. The SMILES string of the molecule is C[C@@H](SC(=S)N1C[C@@H]2C[C@@H](C1)c1cccc(=O)n1C2)C(=O)Nc1ccccc1Cl. The molecule has 1 aromatic heterocycles. The van der Waals surface area contributed by atoms with Gasteiger partial charge in [-0.15, -0.1) is 0 Å². The molecule has 1 N–H and O–H groups in total. The second-order valence-electron chi connectivity index (χ2n) is 7.60. The zero-order valence-electron chi connectivity index (χ0n) is 16.0. The van der Waals surface area contributed by atoms with Gasteiger partial charge in [-0.3, -0.25) is 9.59 Å². The van der Waals surface area contributed by atoms with E-state index in [1.165, 1.54) is 11.8 Å². The number of fused-ring (bicyclic) bond motifs is 4. The van der Waals surface area contributed by atoms with E-state index >= 15 is 0 Å². The Morgan fingerprint density at radius 3 is 2.79 bits per heavy atom. The third kappa shape index (κ3) is 4.37. The number of aromatic nitrogens is 1. The first-order chi connectivity index (χ1) is 13.9. The molecule has 5 nitrogen and oxygen atoms in total. The Morgan fingerprint density at radius 2 is 2.00 bits per heavy atom. The number of nitrogens with one attached hydrogen (secondary N) is 1. The molecule has 2 bridgehead atoms. The summed E-state index contributed by atoms with van der Waals surface area (Å²) in [6.45, 7) is 4.19. The third-order valence-electron chi connectivity index (χ3n) is 5.52. The molecule has 0 radical (unpaired) electrons. The minimum Gasteiger partial charge on any atom is -0.356 e. The molecule has 2 aromatic rings. The van der Waals surface area contributed by atoms with Crippen molar-refractivity contribution in [1.82, 2.24) is 9.47 Å². The van der Waals surface area contributed by atoms with Crippen LogP contribution < -0.4 is 10.9 Å². The number of rotatable bonds is 3. The van der Waals surface area contributed by atoms with Gasteiger partial charge in [-0.2, -0.15) is 0 Å². The molecule has 4 rings (SSSR count). The molecule has 1 saturated heterocycles. The van der Waals surface area contributed by atoms with Crippen LogP contribution >= 0.6 is 35.6 Å². The van der Waals surface area contributed by atoms with Crippen molar-refractivity contribution in [2.45, 2.75) is 31.1 Å². The maximum Gasteiger partial charge on any atom is 0.250 e. The van der Waals surface area contributed by atoms with Gasteiger partial charge < -0.3 is 14.8 Å². The van der Waals surface area contributed by atoms with Crippen LogP contribution in [0.2, 0.25) is 5.02 Å². The standard InChI is InChI=1S/C21H22ClN3O2S2/c1-13(20(27)23-17-6-3-2-5-16(17)22)29-21(28)24-10-14-9-15(12-24)18-7-4-8-19(26)25(18)11-14/h2-8,13-15H,9-12H2,1H3,(H,23,27)/t13-,14+,15+/m1/s1. The third-order valence-corrected chi connectivity index (χ3v) is 7.42. The number of carbonyl (C=O) groups excluding carboxylic acids is 1. The summed E-state index contributed by atoms with van der Waals surface area (Å²) in [5.41, 5.74) is 1.77. The van der Waals surface area contributed by atoms with Gasteiger partial charge in [0.15, 0.2) is 0 Å². The van der Waals surface area contributed by atoms with Gasteiger partial charge >= 0.3 is 0 Å². The lowest BCUT2D eigenvalue weighted by molar-refractivity contribution is -0.115. The Kier molecular flexibility index (Phi) is 5.99. The van der Waals surface area contributed by atoms with E-state index < -0.39 is 0 Å². The summed E-state index contributed by atoms with van der Waals surface area (Å²) in [6.07, 6.45) is 1.08. The molecule has 2 aliphatic rings. The Balaban J connectivity index is 1.40. The molecule has 3 heterocycles. The predicted octanol–water partition coefficient (Wildman–Crippen LogP) is 3.97. The highest BCUT2D eigenvalue weighted by molar-refractivity contribution is 8.23. The number of amides is 1. The van der Waals surface area contributed by atoms with Crippen molar-refractivity contribution >= 4 is 51.5 Å². The molecule has 2 aliphatic heterocycles. The van der Waals surface area contributed by atoms with Gasteiger partial charge in [-0.25, -0.2) is 0 Å². The van der Waals surface area contributed by atoms with Crippen LogP contribution in [0.3, 0.4) is 0 Å². The van der Waals surface area contributed by atoms with Crippen LogP contribution in [-0.2, 0) is 11.3 Å². The lowest BCUT2D eigenvalue weighted by Gasteiger charge is -2.43. The molecular weight excluding hydrogens is 426 g/mol. The van der Waals surface area contributed by atoms with Gasteiger partial charge in [-0.05, 0) is 37.5 Å². The highest BCUT2D eigenvalue weighted by Gasteiger charge is 2.35. The molecule has 1 amide bonds. The van der Waals surface area contributed by atoms with Crippen molar-refractivity contribution in [3.8, 4) is 0 Å². The molecule has 29 heavy (non-hydrogen) atoms. The van der Waals surface area contributed by atoms with Crippen molar-refractivity contribution in [1.29, 1.82) is 0 Å². The molecule has 0 saturated carbocycles. The number of hydrogen-bond acceptors (Lipinski definition) is 4. The molecule has 152 valence electrons. The quantitative estimate of drug-likeness (QED) is 0.721. The Bertz CT molecular complexity index is 1010. The van der Waals surface area contributed by atoms with Crippen LogP contribution in [0.5, 0.6) is 0 Å². The van der Waals surface area contributed by atoms with Crippen LogP contribution in [0.4, 0.5) is 5.69 Å². The smallest absolute Gasteiger partial charge is 0.250 e. The zero-order valence-corrected chi connectivity index (χ0v) is 18.4. The number of thioether (sulfide) groups is 1.